The number of carbonyl (C=O) groups is 1. The van der Waals surface area contributed by atoms with Crippen molar-refractivity contribution >= 4 is 5.91 Å². The van der Waals surface area contributed by atoms with Crippen LogP contribution in [0.3, 0.4) is 0 Å². The monoisotopic (exact) mass is 286 g/mol. The molecular formula is C14H26N2O4. The molecular weight excluding hydrogens is 260 g/mol. The quantitative estimate of drug-likeness (QED) is 0.588. The van der Waals surface area contributed by atoms with E-state index in [9.17, 15) is 14.9 Å². The smallest absolute Gasteiger partial charge is 0.294 e. The summed E-state index contributed by atoms with van der Waals surface area (Å²) in [7, 11) is 0. The lowest BCUT2D eigenvalue weighted by molar-refractivity contribution is -0.761. The van der Waals surface area contributed by atoms with Crippen molar-refractivity contribution in [1.29, 1.82) is 0 Å². The van der Waals surface area contributed by atoms with Crippen LogP contribution in [0.25, 0.3) is 0 Å². The van der Waals surface area contributed by atoms with Crippen LogP contribution in [0.15, 0.2) is 0 Å². The molecule has 1 fully saturated rings. The molecule has 0 bridgehead atoms. The first-order chi connectivity index (χ1) is 9.11. The Balaban J connectivity index is 2.54. The summed E-state index contributed by atoms with van der Waals surface area (Å²) < 4.78 is 0. The molecule has 0 saturated carbocycles. The molecule has 0 aromatic heterocycles. The molecule has 20 heavy (non-hydrogen) atoms. The van der Waals surface area contributed by atoms with Gasteiger partial charge in [-0.1, -0.05) is 27.7 Å². The molecule has 1 unspecified atom stereocenters. The topological polar surface area (TPSA) is 72.7 Å². The van der Waals surface area contributed by atoms with E-state index in [1.807, 2.05) is 11.8 Å². The minimum atomic E-state index is -0.737. The van der Waals surface area contributed by atoms with E-state index in [2.05, 4.69) is 25.6 Å². The number of likely N-dealkylation sites (tertiary alicyclic amines) is 1. The van der Waals surface area contributed by atoms with E-state index in [1.165, 1.54) is 0 Å². The van der Waals surface area contributed by atoms with Gasteiger partial charge in [-0.3, -0.25) is 4.79 Å². The Morgan fingerprint density at radius 1 is 1.35 bits per heavy atom. The van der Waals surface area contributed by atoms with Crippen molar-refractivity contribution in [2.75, 3.05) is 19.7 Å². The highest BCUT2D eigenvalue weighted by molar-refractivity contribution is 5.76. The van der Waals surface area contributed by atoms with Crippen molar-refractivity contribution in [3.8, 4) is 0 Å². The molecule has 6 nitrogen and oxygen atoms in total. The second-order valence-corrected chi connectivity index (χ2v) is 7.28. The molecule has 0 aromatic rings. The van der Waals surface area contributed by atoms with Gasteiger partial charge in [0.25, 0.3) is 5.09 Å². The molecule has 0 radical (unpaired) electrons. The summed E-state index contributed by atoms with van der Waals surface area (Å²) in [6, 6.07) is 0. The lowest BCUT2D eigenvalue weighted by Gasteiger charge is -2.28. The Morgan fingerprint density at radius 2 is 2.00 bits per heavy atom. The number of hydrogen-bond acceptors (Lipinski definition) is 4. The maximum absolute atomic E-state index is 12.2. The summed E-state index contributed by atoms with van der Waals surface area (Å²) in [5.41, 5.74) is -0.231. The lowest BCUT2D eigenvalue weighted by Crippen LogP contribution is -2.35. The van der Waals surface area contributed by atoms with Gasteiger partial charge in [0.05, 0.1) is 0 Å². The standard InChI is InChI=1S/C14H26N2O4/c1-13(2,3)10-12(17)15-8-5-6-14(4,7-9-15)11-20-16(18)19/h5-11H2,1-4H3. The van der Waals surface area contributed by atoms with Crippen LogP contribution < -0.4 is 0 Å². The number of amides is 1. The van der Waals surface area contributed by atoms with E-state index in [4.69, 9.17) is 0 Å². The van der Waals surface area contributed by atoms with Crippen molar-refractivity contribution < 1.29 is 14.7 Å². The zero-order chi connectivity index (χ0) is 15.4. The van der Waals surface area contributed by atoms with Gasteiger partial charge in [0, 0.05) is 19.5 Å². The molecule has 0 aromatic carbocycles. The minimum Gasteiger partial charge on any atom is -0.343 e. The zero-order valence-electron chi connectivity index (χ0n) is 13.0. The van der Waals surface area contributed by atoms with E-state index >= 15 is 0 Å². The molecule has 1 amide bonds. The lowest BCUT2D eigenvalue weighted by atomic mass is 9.84. The SMILES string of the molecule is CC(C)(C)CC(=O)N1CCCC(C)(CO[N+](=O)[O-])CC1. The molecule has 0 N–H and O–H groups in total. The second kappa shape index (κ2) is 6.41. The fourth-order valence-corrected chi connectivity index (χ4v) is 2.51. The predicted octanol–water partition coefficient (Wildman–Crippen LogP) is 2.65. The van der Waals surface area contributed by atoms with Gasteiger partial charge in [-0.25, -0.2) is 0 Å². The van der Waals surface area contributed by atoms with E-state index in [-0.39, 0.29) is 23.3 Å². The Hall–Kier alpha value is -1.33. The molecule has 1 aliphatic heterocycles. The van der Waals surface area contributed by atoms with Crippen molar-refractivity contribution in [3.63, 3.8) is 0 Å². The maximum atomic E-state index is 12.2. The van der Waals surface area contributed by atoms with Crippen molar-refractivity contribution in [2.24, 2.45) is 10.8 Å². The molecule has 1 rings (SSSR count). The van der Waals surface area contributed by atoms with E-state index in [0.29, 0.717) is 13.0 Å². The summed E-state index contributed by atoms with van der Waals surface area (Å²) in [4.78, 5) is 29.0. The van der Waals surface area contributed by atoms with Crippen molar-refractivity contribution in [1.82, 2.24) is 4.90 Å². The fraction of sp³-hybridized carbons (Fsp3) is 0.929. The van der Waals surface area contributed by atoms with Gasteiger partial charge in [-0.15, -0.1) is 10.1 Å². The highest BCUT2D eigenvalue weighted by atomic mass is 16.9. The highest BCUT2D eigenvalue weighted by Crippen LogP contribution is 2.32. The molecule has 0 aliphatic carbocycles. The van der Waals surface area contributed by atoms with Crippen LogP contribution in [-0.4, -0.2) is 35.6 Å². The van der Waals surface area contributed by atoms with Gasteiger partial charge in [-0.05, 0) is 30.1 Å². The summed E-state index contributed by atoms with van der Waals surface area (Å²) in [5.74, 6) is 0.178. The first-order valence-corrected chi connectivity index (χ1v) is 7.16. The van der Waals surface area contributed by atoms with Gasteiger partial charge < -0.3 is 9.74 Å². The average Bonchev–Trinajstić information content (AvgIpc) is 2.47. The van der Waals surface area contributed by atoms with E-state index in [1.54, 1.807) is 0 Å². The van der Waals surface area contributed by atoms with Crippen LogP contribution in [0.1, 0.15) is 53.4 Å². The van der Waals surface area contributed by atoms with E-state index < -0.39 is 5.09 Å². The minimum absolute atomic E-state index is 0.0125. The third-order valence-corrected chi connectivity index (χ3v) is 3.75. The third-order valence-electron chi connectivity index (χ3n) is 3.75. The van der Waals surface area contributed by atoms with Crippen LogP contribution in [0.4, 0.5) is 0 Å². The predicted molar refractivity (Wildman–Crippen MR) is 75.6 cm³/mol. The van der Waals surface area contributed by atoms with Gasteiger partial charge >= 0.3 is 0 Å². The molecule has 0 spiro atoms. The average molecular weight is 286 g/mol. The van der Waals surface area contributed by atoms with Gasteiger partial charge in [0.2, 0.25) is 5.91 Å². The van der Waals surface area contributed by atoms with Crippen LogP contribution in [0.2, 0.25) is 0 Å². The molecule has 1 saturated heterocycles. The molecule has 1 aliphatic rings. The van der Waals surface area contributed by atoms with Crippen molar-refractivity contribution in [2.45, 2.75) is 53.4 Å². The molecule has 116 valence electrons. The highest BCUT2D eigenvalue weighted by Gasteiger charge is 2.31. The van der Waals surface area contributed by atoms with Gasteiger partial charge in [0.1, 0.15) is 6.61 Å². The fourth-order valence-electron chi connectivity index (χ4n) is 2.51. The van der Waals surface area contributed by atoms with Crippen molar-refractivity contribution in [3.05, 3.63) is 10.1 Å². The number of hydrogen-bond donors (Lipinski definition) is 0. The normalized spacial score (nSPS) is 24.1. The molecule has 1 heterocycles. The first-order valence-electron chi connectivity index (χ1n) is 7.16. The Bertz CT molecular complexity index is 365. The number of carbonyl (C=O) groups excluding carboxylic acids is 1. The second-order valence-electron chi connectivity index (χ2n) is 7.28. The molecule has 6 heteroatoms. The summed E-state index contributed by atoms with van der Waals surface area (Å²) >= 11 is 0. The first kappa shape index (κ1) is 16.7. The van der Waals surface area contributed by atoms with E-state index in [0.717, 1.165) is 25.8 Å². The van der Waals surface area contributed by atoms with Gasteiger partial charge in [0.15, 0.2) is 0 Å². The Morgan fingerprint density at radius 3 is 2.55 bits per heavy atom. The summed E-state index contributed by atoms with van der Waals surface area (Å²) in [6.45, 7) is 9.66. The largest absolute Gasteiger partial charge is 0.343 e. The van der Waals surface area contributed by atoms with Crippen LogP contribution in [-0.2, 0) is 9.63 Å². The Kier molecular flexibility index (Phi) is 5.36. The third kappa shape index (κ3) is 5.75. The number of rotatable bonds is 4. The van der Waals surface area contributed by atoms with Gasteiger partial charge in [-0.2, -0.15) is 0 Å². The maximum Gasteiger partial charge on any atom is 0.294 e. The number of nitrogens with zero attached hydrogens (tertiary/aromatic N) is 2. The van der Waals surface area contributed by atoms with Crippen LogP contribution in [0, 0.1) is 20.9 Å². The molecule has 1 atom stereocenters. The zero-order valence-corrected chi connectivity index (χ0v) is 13.0. The van der Waals surface area contributed by atoms with Crippen LogP contribution >= 0.6 is 0 Å². The summed E-state index contributed by atoms with van der Waals surface area (Å²) in [5, 5.41) is 9.58. The van der Waals surface area contributed by atoms with Crippen LogP contribution in [0.5, 0.6) is 0 Å². The summed E-state index contributed by atoms with van der Waals surface area (Å²) in [6.07, 6.45) is 3.00. The Labute approximate surface area is 120 Å².